The van der Waals surface area contributed by atoms with Crippen LogP contribution in [0.3, 0.4) is 0 Å². The standard InChI is InChI=1S/5Na.2H4O7P2.5H/c;;;;;2*1-8(2,3)7-9(4,5)6;;;;;/h;;;;;2*(H2,1,2,3)(H2,4,5,6);;;;;/q5*+1;;;5*-1. The fraction of sp³-hybridized carbons (Fsp3) is 0. The second-order valence-electron chi connectivity index (χ2n) is 2.13. The maximum absolute atomic E-state index is 9.63. The Kier molecular flexibility index (Phi) is 39.5. The Hall–Kier alpha value is 5.52. The topological polar surface area (TPSA) is 249 Å². The van der Waals surface area contributed by atoms with E-state index in [9.17, 15) is 18.3 Å². The molecule has 23 heavy (non-hydrogen) atoms. The van der Waals surface area contributed by atoms with Crippen LogP contribution in [0.15, 0.2) is 0 Å². The summed E-state index contributed by atoms with van der Waals surface area (Å²) in [6.07, 6.45) is 0. The fourth-order valence-corrected chi connectivity index (χ4v) is 2.49. The van der Waals surface area contributed by atoms with Gasteiger partial charge in [-0.3, -0.25) is 0 Å². The van der Waals surface area contributed by atoms with Crippen molar-refractivity contribution in [3.8, 4) is 0 Å². The molecule has 0 rings (SSSR count). The van der Waals surface area contributed by atoms with E-state index in [4.69, 9.17) is 39.1 Å². The zero-order valence-electron chi connectivity index (χ0n) is 17.8. The Morgan fingerprint density at radius 2 is 0.522 bits per heavy atom. The molecule has 0 unspecified atom stereocenters. The molecule has 0 aliphatic rings. The third-order valence-electron chi connectivity index (χ3n) is 0.425. The third-order valence-corrected chi connectivity index (χ3v) is 3.83. The van der Waals surface area contributed by atoms with Crippen LogP contribution < -0.4 is 148 Å². The predicted octanol–water partition coefficient (Wildman–Crippen LogP) is -16.0. The van der Waals surface area contributed by atoms with Crippen molar-refractivity contribution in [2.45, 2.75) is 0 Å². The van der Waals surface area contributed by atoms with Crippen molar-refractivity contribution in [1.29, 1.82) is 0 Å². The van der Waals surface area contributed by atoms with E-state index in [0.717, 1.165) is 0 Å². The van der Waals surface area contributed by atoms with Crippen molar-refractivity contribution in [1.82, 2.24) is 0 Å². The summed E-state index contributed by atoms with van der Waals surface area (Å²) in [6.45, 7) is 0. The van der Waals surface area contributed by atoms with Crippen molar-refractivity contribution < 1.29 is 221 Å². The Morgan fingerprint density at radius 3 is 0.522 bits per heavy atom. The largest absolute Gasteiger partial charge is 1.00 e. The van der Waals surface area contributed by atoms with E-state index >= 15 is 0 Å². The normalized spacial score (nSPS) is 10.8. The number of phosphoric acid groups is 4. The van der Waals surface area contributed by atoms with Crippen LogP contribution in [0.2, 0.25) is 0 Å². The van der Waals surface area contributed by atoms with Crippen LogP contribution in [-0.2, 0) is 26.9 Å². The van der Waals surface area contributed by atoms with Crippen LogP contribution in [0.25, 0.3) is 0 Å². The summed E-state index contributed by atoms with van der Waals surface area (Å²) < 4.78 is 44.4. The number of rotatable bonds is 4. The molecule has 0 aromatic rings. The monoisotopic (exact) mass is 476 g/mol. The maximum Gasteiger partial charge on any atom is 1.00 e. The molecule has 0 spiro atoms. The summed E-state index contributed by atoms with van der Waals surface area (Å²) in [5, 5.41) is 0. The quantitative estimate of drug-likeness (QED) is 0.139. The van der Waals surface area contributed by atoms with Gasteiger partial charge in [0.25, 0.3) is 0 Å². The molecule has 0 saturated heterocycles. The van der Waals surface area contributed by atoms with Crippen LogP contribution >= 0.6 is 31.3 Å². The third kappa shape index (κ3) is 58.4. The van der Waals surface area contributed by atoms with Crippen LogP contribution in [0.1, 0.15) is 7.13 Å². The van der Waals surface area contributed by atoms with Gasteiger partial charge in [-0.25, -0.2) is 18.3 Å². The first-order valence-corrected chi connectivity index (χ1v) is 9.18. The number of hydrogen-bond acceptors (Lipinski definition) is 6. The summed E-state index contributed by atoms with van der Waals surface area (Å²) >= 11 is 0. The van der Waals surface area contributed by atoms with E-state index in [1.807, 2.05) is 0 Å². The van der Waals surface area contributed by atoms with E-state index < -0.39 is 31.3 Å². The first-order valence-electron chi connectivity index (χ1n) is 3.06. The van der Waals surface area contributed by atoms with Crippen molar-refractivity contribution in [2.24, 2.45) is 0 Å². The molecule has 0 aliphatic carbocycles. The molecule has 0 bridgehead atoms. The van der Waals surface area contributed by atoms with E-state index in [-0.39, 0.29) is 155 Å². The molecule has 14 nitrogen and oxygen atoms in total. The molecule has 0 atom stereocenters. The Bertz CT molecular complexity index is 373. The van der Waals surface area contributed by atoms with Crippen LogP contribution in [0, 0.1) is 0 Å². The molecule has 0 saturated carbocycles. The molecule has 0 fully saturated rings. The smallest absolute Gasteiger partial charge is 1.00 e. The first-order chi connectivity index (χ1) is 7.41. The summed E-state index contributed by atoms with van der Waals surface area (Å²) in [5.41, 5.74) is 0. The molecule has 0 heterocycles. The van der Waals surface area contributed by atoms with Gasteiger partial charge < -0.3 is 46.3 Å². The van der Waals surface area contributed by atoms with Gasteiger partial charge in [0.2, 0.25) is 0 Å². The zero-order chi connectivity index (χ0) is 15.4. The van der Waals surface area contributed by atoms with Gasteiger partial charge in [0.1, 0.15) is 0 Å². The van der Waals surface area contributed by atoms with Crippen LogP contribution in [0.4, 0.5) is 0 Å². The predicted molar refractivity (Wildman–Crippen MR) is 55.9 cm³/mol. The zero-order valence-corrected chi connectivity index (χ0v) is 26.4. The van der Waals surface area contributed by atoms with Gasteiger partial charge in [-0.15, -0.1) is 0 Å². The molecule has 0 amide bonds. The molecule has 0 aliphatic heterocycles. The van der Waals surface area contributed by atoms with Gasteiger partial charge in [0, 0.05) is 0 Å². The molecule has 0 aromatic carbocycles. The minimum Gasteiger partial charge on any atom is -1.00 e. The van der Waals surface area contributed by atoms with Gasteiger partial charge in [-0.2, -0.15) is 8.62 Å². The van der Waals surface area contributed by atoms with Gasteiger partial charge >= 0.3 is 179 Å². The second kappa shape index (κ2) is 19.5. The van der Waals surface area contributed by atoms with Gasteiger partial charge in [0.05, 0.1) is 0 Å². The van der Waals surface area contributed by atoms with Gasteiger partial charge in [-0.1, -0.05) is 0 Å². The fourth-order valence-electron chi connectivity index (χ4n) is 0.277. The van der Waals surface area contributed by atoms with Crippen molar-refractivity contribution in [3.63, 3.8) is 0 Å². The Labute approximate surface area is 248 Å². The molecule has 8 N–H and O–H groups in total. The van der Waals surface area contributed by atoms with Gasteiger partial charge in [0.15, 0.2) is 0 Å². The van der Waals surface area contributed by atoms with Gasteiger partial charge in [-0.05, 0) is 0 Å². The Morgan fingerprint density at radius 1 is 0.435 bits per heavy atom. The molecule has 23 heteroatoms. The summed E-state index contributed by atoms with van der Waals surface area (Å²) in [6, 6.07) is 0. The van der Waals surface area contributed by atoms with Crippen LogP contribution in [0.5, 0.6) is 0 Å². The van der Waals surface area contributed by atoms with E-state index in [2.05, 4.69) is 8.62 Å². The van der Waals surface area contributed by atoms with Crippen molar-refractivity contribution in [2.75, 3.05) is 0 Å². The summed E-state index contributed by atoms with van der Waals surface area (Å²) in [7, 11) is -20.2. The average molecular weight is 476 g/mol. The minimum atomic E-state index is -5.05. The van der Waals surface area contributed by atoms with E-state index in [0.29, 0.717) is 0 Å². The second-order valence-corrected chi connectivity index (χ2v) is 7.36. The summed E-state index contributed by atoms with van der Waals surface area (Å²) in [5.74, 6) is 0. The minimum absolute atomic E-state index is 0. The first kappa shape index (κ1) is 46.6. The van der Waals surface area contributed by atoms with E-state index in [1.54, 1.807) is 0 Å². The SMILES string of the molecule is O=P(O)(O)OP(=O)(O)O.O=P(O)(O)OP(=O)(O)O.[H-].[H-].[H-].[H-].[H-].[Na+].[Na+].[Na+].[Na+].[Na+]. The van der Waals surface area contributed by atoms with Crippen LogP contribution in [-0.4, -0.2) is 39.1 Å². The van der Waals surface area contributed by atoms with Crippen molar-refractivity contribution >= 4 is 31.3 Å². The maximum atomic E-state index is 9.63. The Balaban J connectivity index is -0.0000000135. The summed E-state index contributed by atoms with van der Waals surface area (Å²) in [4.78, 5) is 62.0. The molecule has 122 valence electrons. The van der Waals surface area contributed by atoms with E-state index in [1.165, 1.54) is 0 Å². The molecule has 0 aromatic heterocycles. The van der Waals surface area contributed by atoms with Crippen molar-refractivity contribution in [3.05, 3.63) is 0 Å². The molecular weight excluding hydrogens is 463 g/mol. The average Bonchev–Trinajstić information content (AvgIpc) is 1.64. The number of hydrogen-bond donors (Lipinski definition) is 8. The molecular formula is H13Na5O14P4. The molecule has 0 radical (unpaired) electrons.